The van der Waals surface area contributed by atoms with Crippen LogP contribution in [0.1, 0.15) is 52.5 Å². The summed E-state index contributed by atoms with van der Waals surface area (Å²) in [5, 5.41) is 17.9. The first kappa shape index (κ1) is 17.8. The second-order valence-electron chi connectivity index (χ2n) is 9.29. The number of rotatable bonds is 2. The largest absolute Gasteiger partial charge is 0.508 e. The number of aryl methyl sites for hydroxylation is 1. The van der Waals surface area contributed by atoms with Gasteiger partial charge in [-0.2, -0.15) is 5.10 Å². The number of amides is 1. The molecule has 1 amide bonds. The lowest BCUT2D eigenvalue weighted by molar-refractivity contribution is 0.0966. The van der Waals surface area contributed by atoms with Crippen LogP contribution in [-0.4, -0.2) is 33.4 Å². The molecule has 0 spiro atoms. The minimum atomic E-state index is 0.0131. The number of anilines is 1. The molecule has 0 fully saturated rings. The highest BCUT2D eigenvalue weighted by atomic mass is 16.3. The zero-order valence-electron chi connectivity index (χ0n) is 17.6. The van der Waals surface area contributed by atoms with Crippen molar-refractivity contribution in [2.45, 2.75) is 45.2 Å². The Balaban J connectivity index is 1.70. The molecule has 1 aromatic carbocycles. The fraction of sp³-hybridized carbons (Fsp3) is 0.417. The Morgan fingerprint density at radius 2 is 2.10 bits per heavy atom. The van der Waals surface area contributed by atoms with Crippen LogP contribution in [0.25, 0.3) is 11.1 Å². The number of nitrogens with one attached hydrogen (secondary N) is 1. The Morgan fingerprint density at radius 3 is 2.90 bits per heavy atom. The number of aliphatic hydroxyl groups is 1. The van der Waals surface area contributed by atoms with Crippen molar-refractivity contribution in [1.29, 1.82) is 0 Å². The van der Waals surface area contributed by atoms with E-state index in [1.807, 2.05) is 30.1 Å². The normalized spacial score (nSPS) is 23.0. The topological polar surface area (TPSA) is 70.4 Å². The molecule has 2 aliphatic heterocycles. The van der Waals surface area contributed by atoms with Crippen LogP contribution in [0, 0.1) is 5.92 Å². The summed E-state index contributed by atoms with van der Waals surface area (Å²) in [6.45, 7) is 5.99. The molecule has 0 saturated heterocycles. The number of fused-ring (bicyclic) bond motifs is 10. The molecule has 2 aliphatic carbocycles. The summed E-state index contributed by atoms with van der Waals surface area (Å²) in [4.78, 5) is 15.5. The minimum absolute atomic E-state index is 0.0131. The maximum absolute atomic E-state index is 13.0. The highest BCUT2D eigenvalue weighted by Gasteiger charge is 2.45. The van der Waals surface area contributed by atoms with E-state index in [-0.39, 0.29) is 17.9 Å². The number of carbonyl (C=O) groups excluding carboxylic acids is 1. The predicted molar refractivity (Wildman–Crippen MR) is 116 cm³/mol. The number of benzene rings is 1. The van der Waals surface area contributed by atoms with Crippen LogP contribution in [0.15, 0.2) is 30.2 Å². The molecule has 2 atom stereocenters. The van der Waals surface area contributed by atoms with E-state index in [1.165, 1.54) is 22.5 Å². The number of hydrogen-bond acceptors (Lipinski definition) is 4. The van der Waals surface area contributed by atoms with E-state index in [1.54, 1.807) is 0 Å². The summed E-state index contributed by atoms with van der Waals surface area (Å²) in [5.74, 6) is 0.905. The van der Waals surface area contributed by atoms with Gasteiger partial charge in [0.1, 0.15) is 5.76 Å². The first-order chi connectivity index (χ1) is 14.5. The lowest BCUT2D eigenvalue weighted by atomic mass is 9.79. The summed E-state index contributed by atoms with van der Waals surface area (Å²) in [7, 11) is 1.98. The molecule has 1 aromatic heterocycles. The summed E-state index contributed by atoms with van der Waals surface area (Å²) >= 11 is 0. The molecule has 6 heteroatoms. The number of aromatic nitrogens is 2. The molecule has 154 valence electrons. The Kier molecular flexibility index (Phi) is 3.56. The molecule has 30 heavy (non-hydrogen) atoms. The highest BCUT2D eigenvalue weighted by Crippen LogP contribution is 2.54. The van der Waals surface area contributed by atoms with Crippen molar-refractivity contribution in [1.82, 2.24) is 15.1 Å². The lowest BCUT2D eigenvalue weighted by Crippen LogP contribution is -2.36. The zero-order valence-corrected chi connectivity index (χ0v) is 17.6. The van der Waals surface area contributed by atoms with Gasteiger partial charge in [-0.05, 0) is 47.6 Å². The minimum Gasteiger partial charge on any atom is -0.508 e. The third kappa shape index (κ3) is 2.19. The van der Waals surface area contributed by atoms with Gasteiger partial charge < -0.3 is 15.3 Å². The van der Waals surface area contributed by atoms with Crippen molar-refractivity contribution in [3.63, 3.8) is 0 Å². The van der Waals surface area contributed by atoms with Gasteiger partial charge in [0.15, 0.2) is 0 Å². The quantitative estimate of drug-likeness (QED) is 0.808. The first-order valence-corrected chi connectivity index (χ1v) is 10.8. The van der Waals surface area contributed by atoms with E-state index in [0.717, 1.165) is 41.6 Å². The fourth-order valence-corrected chi connectivity index (χ4v) is 5.95. The average Bonchev–Trinajstić information content (AvgIpc) is 3.36. The summed E-state index contributed by atoms with van der Waals surface area (Å²) in [6.07, 6.45) is 9.66. The van der Waals surface area contributed by atoms with Crippen molar-refractivity contribution in [2.24, 2.45) is 13.0 Å². The maximum atomic E-state index is 13.0. The monoisotopic (exact) mass is 402 g/mol. The highest BCUT2D eigenvalue weighted by molar-refractivity contribution is 6.08. The van der Waals surface area contributed by atoms with E-state index in [2.05, 4.69) is 35.2 Å². The Bertz CT molecular complexity index is 1170. The molecule has 4 aliphatic rings. The number of carbonyl (C=O) groups is 1. The molecular formula is C24H26N4O2. The zero-order chi connectivity index (χ0) is 20.7. The third-order valence-corrected chi connectivity index (χ3v) is 7.04. The number of aliphatic hydroxyl groups excluding tert-OH is 1. The molecule has 2 unspecified atom stereocenters. The molecule has 0 saturated carbocycles. The maximum Gasteiger partial charge on any atom is 0.252 e. The van der Waals surface area contributed by atoms with Gasteiger partial charge in [0.2, 0.25) is 0 Å². The SMILES string of the molecule is CC(C)CN1c2c3c(c4c(c2C2C=C(O)C=CC21)CNC4=O)-c1cnn(C)c1CC3. The van der Waals surface area contributed by atoms with Gasteiger partial charge in [-0.25, -0.2) is 0 Å². The summed E-state index contributed by atoms with van der Waals surface area (Å²) < 4.78 is 1.94. The molecule has 2 N–H and O–H groups in total. The standard InChI is InChI=1S/C24H26N4O2/c1-12(2)11-28-19-6-4-13(29)8-15(19)21-17-9-25-24(30)22(17)20-14(23(21)28)5-7-18-16(20)10-26-27(18)3/h4,6,8,10,12,15,19,29H,5,7,9,11H2,1-3H3,(H,25,30). The van der Waals surface area contributed by atoms with E-state index >= 15 is 0 Å². The van der Waals surface area contributed by atoms with Gasteiger partial charge >= 0.3 is 0 Å². The second-order valence-corrected chi connectivity index (χ2v) is 9.29. The molecular weight excluding hydrogens is 376 g/mol. The van der Waals surface area contributed by atoms with Gasteiger partial charge in [-0.1, -0.05) is 19.9 Å². The summed E-state index contributed by atoms with van der Waals surface area (Å²) in [6, 6.07) is 0.180. The van der Waals surface area contributed by atoms with Gasteiger partial charge in [-0.3, -0.25) is 9.48 Å². The van der Waals surface area contributed by atoms with Gasteiger partial charge in [0.05, 0.1) is 17.8 Å². The van der Waals surface area contributed by atoms with Gasteiger partial charge in [-0.15, -0.1) is 0 Å². The average molecular weight is 402 g/mol. The van der Waals surface area contributed by atoms with Crippen molar-refractivity contribution in [2.75, 3.05) is 11.4 Å². The van der Waals surface area contributed by atoms with Crippen molar-refractivity contribution < 1.29 is 9.90 Å². The number of allylic oxidation sites excluding steroid dienone is 1. The van der Waals surface area contributed by atoms with Crippen molar-refractivity contribution in [3.05, 3.63) is 58.1 Å². The second kappa shape index (κ2) is 6.00. The van der Waals surface area contributed by atoms with Gasteiger partial charge in [0, 0.05) is 48.6 Å². The number of nitrogens with zero attached hydrogens (tertiary/aromatic N) is 3. The van der Waals surface area contributed by atoms with E-state index in [9.17, 15) is 9.90 Å². The molecule has 3 heterocycles. The Labute approximate surface area is 175 Å². The van der Waals surface area contributed by atoms with E-state index in [4.69, 9.17) is 0 Å². The lowest BCUT2D eigenvalue weighted by Gasteiger charge is -2.32. The van der Waals surface area contributed by atoms with Crippen LogP contribution in [0.4, 0.5) is 5.69 Å². The fourth-order valence-electron chi connectivity index (χ4n) is 5.95. The Hall–Kier alpha value is -3.02. The third-order valence-electron chi connectivity index (χ3n) is 7.04. The predicted octanol–water partition coefficient (Wildman–Crippen LogP) is 3.37. The molecule has 2 aromatic rings. The van der Waals surface area contributed by atoms with Crippen molar-refractivity contribution in [3.8, 4) is 11.1 Å². The smallest absolute Gasteiger partial charge is 0.252 e. The first-order valence-electron chi connectivity index (χ1n) is 10.8. The van der Waals surface area contributed by atoms with Crippen LogP contribution in [-0.2, 0) is 26.4 Å². The van der Waals surface area contributed by atoms with Crippen LogP contribution in [0.5, 0.6) is 0 Å². The van der Waals surface area contributed by atoms with Crippen molar-refractivity contribution >= 4 is 11.6 Å². The molecule has 0 bridgehead atoms. The number of hydrogen-bond donors (Lipinski definition) is 2. The van der Waals surface area contributed by atoms with Gasteiger partial charge in [0.25, 0.3) is 5.91 Å². The van der Waals surface area contributed by atoms with Crippen LogP contribution in [0.2, 0.25) is 0 Å². The van der Waals surface area contributed by atoms with Crippen LogP contribution in [0.3, 0.4) is 0 Å². The molecule has 0 radical (unpaired) electrons. The summed E-state index contributed by atoms with van der Waals surface area (Å²) in [5.41, 5.74) is 9.10. The molecule has 6 nitrogen and oxygen atoms in total. The Morgan fingerprint density at radius 1 is 1.27 bits per heavy atom. The van der Waals surface area contributed by atoms with Crippen LogP contribution >= 0.6 is 0 Å². The van der Waals surface area contributed by atoms with E-state index < -0.39 is 0 Å². The van der Waals surface area contributed by atoms with Crippen LogP contribution < -0.4 is 10.2 Å². The van der Waals surface area contributed by atoms with E-state index in [0.29, 0.717) is 18.2 Å². The molecule has 6 rings (SSSR count).